The zero-order valence-corrected chi connectivity index (χ0v) is 19.1. The normalized spacial score (nSPS) is 17.6. The van der Waals surface area contributed by atoms with Crippen molar-refractivity contribution < 1.29 is 0 Å². The van der Waals surface area contributed by atoms with Crippen LogP contribution in [0, 0.1) is 0 Å². The summed E-state index contributed by atoms with van der Waals surface area (Å²) in [5.74, 6) is 0.758. The minimum absolute atomic E-state index is 0.379. The first-order valence-electron chi connectivity index (χ1n) is 12.3. The molecule has 0 heteroatoms. The molecule has 6 rings (SSSR count). The molecule has 0 heterocycles. The van der Waals surface area contributed by atoms with Crippen LogP contribution in [0.4, 0.5) is 0 Å². The van der Waals surface area contributed by atoms with Crippen LogP contribution < -0.4 is 0 Å². The molecule has 2 unspecified atom stereocenters. The van der Waals surface area contributed by atoms with Crippen molar-refractivity contribution in [3.8, 4) is 22.3 Å². The smallest absolute Gasteiger partial charge is 0.0214 e. The standard InChI is InChI=1S/C32H30/c1-3-11-21-13-9-19-25-23-15-5-7-17-27(23)31(29(21)25)32-28-18-8-6-16-24(28)26-20-10-14-22(12-4-2)30(26)32/h5-10,13-20,31-32H,3-4,11-12H2,1-2H3. The lowest BCUT2D eigenvalue weighted by molar-refractivity contribution is 0.702. The van der Waals surface area contributed by atoms with Gasteiger partial charge in [0.05, 0.1) is 0 Å². The lowest BCUT2D eigenvalue weighted by Gasteiger charge is -2.27. The first kappa shape index (κ1) is 19.6. The van der Waals surface area contributed by atoms with E-state index in [0.717, 1.165) is 12.8 Å². The van der Waals surface area contributed by atoms with Crippen LogP contribution in [0.5, 0.6) is 0 Å². The number of hydrogen-bond donors (Lipinski definition) is 0. The molecule has 2 aliphatic carbocycles. The summed E-state index contributed by atoms with van der Waals surface area (Å²) in [5.41, 5.74) is 15.0. The van der Waals surface area contributed by atoms with Crippen LogP contribution in [0.15, 0.2) is 84.9 Å². The topological polar surface area (TPSA) is 0 Å². The summed E-state index contributed by atoms with van der Waals surface area (Å²) in [4.78, 5) is 0. The number of fused-ring (bicyclic) bond motifs is 6. The zero-order valence-electron chi connectivity index (χ0n) is 19.1. The second-order valence-electron chi connectivity index (χ2n) is 9.39. The van der Waals surface area contributed by atoms with Crippen LogP contribution >= 0.6 is 0 Å². The van der Waals surface area contributed by atoms with Gasteiger partial charge in [0.1, 0.15) is 0 Å². The predicted octanol–water partition coefficient (Wildman–Crippen LogP) is 8.52. The minimum Gasteiger partial charge on any atom is -0.0651 e. The number of aryl methyl sites for hydroxylation is 2. The number of hydrogen-bond acceptors (Lipinski definition) is 0. The van der Waals surface area contributed by atoms with Gasteiger partial charge in [0, 0.05) is 11.8 Å². The maximum absolute atomic E-state index is 2.39. The summed E-state index contributed by atoms with van der Waals surface area (Å²) < 4.78 is 0. The lowest BCUT2D eigenvalue weighted by Crippen LogP contribution is -2.13. The molecule has 4 aromatic rings. The van der Waals surface area contributed by atoms with E-state index in [1.165, 1.54) is 57.3 Å². The summed E-state index contributed by atoms with van der Waals surface area (Å²) >= 11 is 0. The molecular formula is C32H30. The predicted molar refractivity (Wildman–Crippen MR) is 135 cm³/mol. The van der Waals surface area contributed by atoms with Crippen molar-refractivity contribution in [1.29, 1.82) is 0 Å². The number of benzene rings is 4. The van der Waals surface area contributed by atoms with Gasteiger partial charge in [-0.05, 0) is 68.5 Å². The van der Waals surface area contributed by atoms with E-state index in [4.69, 9.17) is 0 Å². The molecule has 0 nitrogen and oxygen atoms in total. The quantitative estimate of drug-likeness (QED) is 0.307. The fourth-order valence-corrected chi connectivity index (χ4v) is 6.44. The van der Waals surface area contributed by atoms with Gasteiger partial charge >= 0.3 is 0 Å². The van der Waals surface area contributed by atoms with Crippen LogP contribution in [-0.4, -0.2) is 0 Å². The Labute approximate surface area is 192 Å². The molecule has 0 saturated heterocycles. The van der Waals surface area contributed by atoms with Gasteiger partial charge in [-0.1, -0.05) is 112 Å². The van der Waals surface area contributed by atoms with Crippen molar-refractivity contribution in [2.24, 2.45) is 0 Å². The Bertz CT molecular complexity index is 1210. The summed E-state index contributed by atoms with van der Waals surface area (Å²) in [5, 5.41) is 0. The largest absolute Gasteiger partial charge is 0.0651 e. The van der Waals surface area contributed by atoms with Crippen molar-refractivity contribution in [3.63, 3.8) is 0 Å². The van der Waals surface area contributed by atoms with Crippen LogP contribution in [0.25, 0.3) is 22.3 Å². The average molecular weight is 415 g/mol. The minimum atomic E-state index is 0.379. The van der Waals surface area contributed by atoms with Crippen molar-refractivity contribution in [2.45, 2.75) is 51.4 Å². The molecule has 2 atom stereocenters. The SMILES string of the molecule is CCCc1cccc2c1C(C1c3ccccc3-c3cccc(CCC)c31)c1ccccc1-2. The van der Waals surface area contributed by atoms with Gasteiger partial charge in [0.25, 0.3) is 0 Å². The van der Waals surface area contributed by atoms with Crippen molar-refractivity contribution in [3.05, 3.63) is 118 Å². The highest BCUT2D eigenvalue weighted by atomic mass is 14.4. The Balaban J connectivity index is 1.67. The van der Waals surface area contributed by atoms with Gasteiger partial charge in [-0.25, -0.2) is 0 Å². The molecule has 0 bridgehead atoms. The van der Waals surface area contributed by atoms with Crippen molar-refractivity contribution in [2.75, 3.05) is 0 Å². The highest BCUT2D eigenvalue weighted by Crippen LogP contribution is 2.59. The zero-order chi connectivity index (χ0) is 21.7. The Morgan fingerprint density at radius 1 is 0.469 bits per heavy atom. The average Bonchev–Trinajstić information content (AvgIpc) is 3.34. The van der Waals surface area contributed by atoms with Gasteiger partial charge < -0.3 is 0 Å². The second kappa shape index (κ2) is 7.78. The second-order valence-corrected chi connectivity index (χ2v) is 9.39. The van der Waals surface area contributed by atoms with E-state index in [-0.39, 0.29) is 0 Å². The van der Waals surface area contributed by atoms with Crippen molar-refractivity contribution in [1.82, 2.24) is 0 Å². The van der Waals surface area contributed by atoms with Gasteiger partial charge in [-0.2, -0.15) is 0 Å². The maximum atomic E-state index is 2.39. The monoisotopic (exact) mass is 414 g/mol. The van der Waals surface area contributed by atoms with E-state index >= 15 is 0 Å². The molecule has 32 heavy (non-hydrogen) atoms. The molecule has 0 aromatic heterocycles. The van der Waals surface area contributed by atoms with Crippen LogP contribution in [-0.2, 0) is 12.8 Å². The van der Waals surface area contributed by atoms with Gasteiger partial charge in [0.2, 0.25) is 0 Å². The molecule has 0 aliphatic heterocycles. The molecule has 0 N–H and O–H groups in total. The van der Waals surface area contributed by atoms with Crippen LogP contribution in [0.1, 0.15) is 71.9 Å². The van der Waals surface area contributed by atoms with E-state index in [0.29, 0.717) is 11.8 Å². The van der Waals surface area contributed by atoms with Gasteiger partial charge in [-0.15, -0.1) is 0 Å². The highest BCUT2D eigenvalue weighted by Gasteiger charge is 2.42. The third-order valence-electron chi connectivity index (χ3n) is 7.56. The first-order valence-corrected chi connectivity index (χ1v) is 12.3. The Kier molecular flexibility index (Phi) is 4.76. The lowest BCUT2D eigenvalue weighted by atomic mass is 9.75. The van der Waals surface area contributed by atoms with E-state index in [9.17, 15) is 0 Å². The van der Waals surface area contributed by atoms with E-state index in [1.807, 2.05) is 0 Å². The summed E-state index contributed by atoms with van der Waals surface area (Å²) in [6.07, 6.45) is 4.65. The summed E-state index contributed by atoms with van der Waals surface area (Å²) in [6.45, 7) is 4.60. The molecular weight excluding hydrogens is 384 g/mol. The molecule has 0 amide bonds. The fourth-order valence-electron chi connectivity index (χ4n) is 6.44. The molecule has 4 aromatic carbocycles. The Morgan fingerprint density at radius 3 is 1.31 bits per heavy atom. The van der Waals surface area contributed by atoms with E-state index in [2.05, 4.69) is 98.8 Å². The summed E-state index contributed by atoms with van der Waals surface area (Å²) in [7, 11) is 0. The van der Waals surface area contributed by atoms with Gasteiger partial charge in [-0.3, -0.25) is 0 Å². The Hall–Kier alpha value is -3.12. The van der Waals surface area contributed by atoms with E-state index in [1.54, 1.807) is 11.1 Å². The van der Waals surface area contributed by atoms with Crippen LogP contribution in [0.3, 0.4) is 0 Å². The third kappa shape index (κ3) is 2.75. The molecule has 158 valence electrons. The van der Waals surface area contributed by atoms with Crippen LogP contribution in [0.2, 0.25) is 0 Å². The molecule has 0 spiro atoms. The van der Waals surface area contributed by atoms with E-state index < -0.39 is 0 Å². The molecule has 0 radical (unpaired) electrons. The first-order chi connectivity index (χ1) is 15.8. The maximum Gasteiger partial charge on any atom is 0.0214 e. The molecule has 2 aliphatic rings. The molecule has 0 fully saturated rings. The van der Waals surface area contributed by atoms with Crippen molar-refractivity contribution >= 4 is 0 Å². The summed E-state index contributed by atoms with van der Waals surface area (Å²) in [6, 6.07) is 32.3. The highest BCUT2D eigenvalue weighted by molar-refractivity contribution is 5.86. The molecule has 0 saturated carbocycles. The third-order valence-corrected chi connectivity index (χ3v) is 7.56. The van der Waals surface area contributed by atoms with Gasteiger partial charge in [0.15, 0.2) is 0 Å². The Morgan fingerprint density at radius 2 is 0.875 bits per heavy atom. The number of rotatable bonds is 5. The fraction of sp³-hybridized carbons (Fsp3) is 0.250.